The molecular formula is C44H88O2. The SMILES string of the molecule is CCCCCCCCCCCCCCCCCCC(CCCCCCCCCCCCCCCCC)OC(=O)CCCCCCC. The van der Waals surface area contributed by atoms with Gasteiger partial charge in [0.15, 0.2) is 0 Å². The Morgan fingerprint density at radius 1 is 0.326 bits per heavy atom. The molecule has 2 nitrogen and oxygen atoms in total. The van der Waals surface area contributed by atoms with Crippen LogP contribution >= 0.6 is 0 Å². The second-order valence-corrected chi connectivity index (χ2v) is 15.1. The van der Waals surface area contributed by atoms with Crippen LogP contribution in [0.1, 0.15) is 271 Å². The van der Waals surface area contributed by atoms with Crippen LogP contribution in [0.3, 0.4) is 0 Å². The third kappa shape index (κ3) is 37.9. The molecule has 0 N–H and O–H groups in total. The first-order chi connectivity index (χ1) is 22.7. The highest BCUT2D eigenvalue weighted by molar-refractivity contribution is 5.69. The molecule has 0 bridgehead atoms. The summed E-state index contributed by atoms with van der Waals surface area (Å²) in [6.45, 7) is 6.85. The number of ether oxygens (including phenoxy) is 1. The summed E-state index contributed by atoms with van der Waals surface area (Å²) < 4.78 is 6.06. The van der Waals surface area contributed by atoms with E-state index in [0.717, 1.165) is 19.3 Å². The van der Waals surface area contributed by atoms with Gasteiger partial charge >= 0.3 is 5.97 Å². The fraction of sp³-hybridized carbons (Fsp3) is 0.977. The van der Waals surface area contributed by atoms with Gasteiger partial charge in [-0.25, -0.2) is 0 Å². The lowest BCUT2D eigenvalue weighted by Gasteiger charge is -2.18. The molecule has 276 valence electrons. The van der Waals surface area contributed by atoms with E-state index in [4.69, 9.17) is 4.74 Å². The van der Waals surface area contributed by atoms with Crippen LogP contribution in [0, 0.1) is 0 Å². The Bertz CT molecular complexity index is 558. The lowest BCUT2D eigenvalue weighted by Crippen LogP contribution is -2.18. The van der Waals surface area contributed by atoms with Crippen LogP contribution in [0.4, 0.5) is 0 Å². The molecule has 1 unspecified atom stereocenters. The molecule has 0 aliphatic carbocycles. The van der Waals surface area contributed by atoms with E-state index in [1.54, 1.807) is 0 Å². The number of unbranched alkanes of at least 4 members (excludes halogenated alkanes) is 33. The molecular weight excluding hydrogens is 560 g/mol. The molecule has 0 aromatic rings. The molecule has 0 aliphatic rings. The lowest BCUT2D eigenvalue weighted by molar-refractivity contribution is -0.150. The molecule has 0 heterocycles. The predicted octanol–water partition coefficient (Wildman–Crippen LogP) is 16.2. The smallest absolute Gasteiger partial charge is 0.306 e. The lowest BCUT2D eigenvalue weighted by atomic mass is 10.0. The summed E-state index contributed by atoms with van der Waals surface area (Å²) in [7, 11) is 0. The van der Waals surface area contributed by atoms with Gasteiger partial charge in [0.25, 0.3) is 0 Å². The second kappa shape index (κ2) is 40.6. The van der Waals surface area contributed by atoms with Crippen molar-refractivity contribution < 1.29 is 9.53 Å². The number of rotatable bonds is 40. The summed E-state index contributed by atoms with van der Waals surface area (Å²) in [4.78, 5) is 12.6. The topological polar surface area (TPSA) is 26.3 Å². The Morgan fingerprint density at radius 2 is 0.543 bits per heavy atom. The van der Waals surface area contributed by atoms with Gasteiger partial charge in [-0.15, -0.1) is 0 Å². The van der Waals surface area contributed by atoms with Gasteiger partial charge < -0.3 is 4.74 Å². The molecule has 0 rings (SSSR count). The molecule has 46 heavy (non-hydrogen) atoms. The molecule has 0 spiro atoms. The van der Waals surface area contributed by atoms with Gasteiger partial charge in [0.05, 0.1) is 0 Å². The first kappa shape index (κ1) is 45.5. The third-order valence-electron chi connectivity index (χ3n) is 10.3. The summed E-state index contributed by atoms with van der Waals surface area (Å²) >= 11 is 0. The number of hydrogen-bond acceptors (Lipinski definition) is 2. The monoisotopic (exact) mass is 649 g/mol. The van der Waals surface area contributed by atoms with Crippen molar-refractivity contribution in [1.29, 1.82) is 0 Å². The van der Waals surface area contributed by atoms with E-state index in [2.05, 4.69) is 20.8 Å². The minimum Gasteiger partial charge on any atom is -0.462 e. The number of hydrogen-bond donors (Lipinski definition) is 0. The van der Waals surface area contributed by atoms with Gasteiger partial charge in [0.1, 0.15) is 6.10 Å². The summed E-state index contributed by atoms with van der Waals surface area (Å²) in [5.41, 5.74) is 0. The van der Waals surface area contributed by atoms with Gasteiger partial charge in [-0.2, -0.15) is 0 Å². The molecule has 2 heteroatoms. The van der Waals surface area contributed by atoms with Crippen LogP contribution < -0.4 is 0 Å². The maximum atomic E-state index is 12.6. The van der Waals surface area contributed by atoms with Gasteiger partial charge in [0.2, 0.25) is 0 Å². The van der Waals surface area contributed by atoms with E-state index < -0.39 is 0 Å². The molecule has 0 radical (unpaired) electrons. The fourth-order valence-electron chi connectivity index (χ4n) is 7.04. The Labute approximate surface area is 292 Å². The van der Waals surface area contributed by atoms with Crippen molar-refractivity contribution in [3.05, 3.63) is 0 Å². The van der Waals surface area contributed by atoms with E-state index in [1.807, 2.05) is 0 Å². The van der Waals surface area contributed by atoms with E-state index in [1.165, 1.54) is 225 Å². The van der Waals surface area contributed by atoms with Crippen LogP contribution in [0.15, 0.2) is 0 Å². The van der Waals surface area contributed by atoms with Gasteiger partial charge in [0, 0.05) is 6.42 Å². The van der Waals surface area contributed by atoms with Crippen molar-refractivity contribution in [2.45, 2.75) is 277 Å². The zero-order valence-corrected chi connectivity index (χ0v) is 32.5. The van der Waals surface area contributed by atoms with Crippen molar-refractivity contribution in [1.82, 2.24) is 0 Å². The normalized spacial score (nSPS) is 12.2. The molecule has 0 saturated heterocycles. The van der Waals surface area contributed by atoms with Gasteiger partial charge in [-0.05, 0) is 32.1 Å². The van der Waals surface area contributed by atoms with Crippen molar-refractivity contribution in [3.8, 4) is 0 Å². The average molecular weight is 649 g/mol. The Morgan fingerprint density at radius 3 is 0.804 bits per heavy atom. The first-order valence-electron chi connectivity index (χ1n) is 21.9. The summed E-state index contributed by atoms with van der Waals surface area (Å²) in [5.74, 6) is 0.0685. The van der Waals surface area contributed by atoms with E-state index >= 15 is 0 Å². The van der Waals surface area contributed by atoms with Crippen LogP contribution in [-0.4, -0.2) is 12.1 Å². The minimum atomic E-state index is 0.0685. The zero-order valence-electron chi connectivity index (χ0n) is 32.5. The molecule has 0 aromatic carbocycles. The minimum absolute atomic E-state index is 0.0685. The predicted molar refractivity (Wildman–Crippen MR) is 207 cm³/mol. The van der Waals surface area contributed by atoms with Crippen molar-refractivity contribution in [2.75, 3.05) is 0 Å². The Kier molecular flexibility index (Phi) is 40.2. The summed E-state index contributed by atoms with van der Waals surface area (Å²) in [6.07, 6.45) is 52.4. The second-order valence-electron chi connectivity index (χ2n) is 15.1. The van der Waals surface area contributed by atoms with Crippen LogP contribution in [-0.2, 0) is 9.53 Å². The largest absolute Gasteiger partial charge is 0.462 e. The van der Waals surface area contributed by atoms with Crippen LogP contribution in [0.25, 0.3) is 0 Å². The molecule has 0 fully saturated rings. The van der Waals surface area contributed by atoms with Gasteiger partial charge in [-0.3, -0.25) is 4.79 Å². The number of esters is 1. The maximum absolute atomic E-state index is 12.6. The maximum Gasteiger partial charge on any atom is 0.306 e. The van der Waals surface area contributed by atoms with E-state index in [-0.39, 0.29) is 12.1 Å². The van der Waals surface area contributed by atoms with Crippen molar-refractivity contribution in [2.24, 2.45) is 0 Å². The zero-order chi connectivity index (χ0) is 33.4. The highest BCUT2D eigenvalue weighted by Crippen LogP contribution is 2.20. The Balaban J connectivity index is 3.90. The van der Waals surface area contributed by atoms with E-state index in [0.29, 0.717) is 6.42 Å². The fourth-order valence-corrected chi connectivity index (χ4v) is 7.04. The number of carbonyl (C=O) groups excluding carboxylic acids is 1. The molecule has 0 aromatic heterocycles. The highest BCUT2D eigenvalue weighted by Gasteiger charge is 2.14. The third-order valence-corrected chi connectivity index (χ3v) is 10.3. The molecule has 0 saturated carbocycles. The number of carbonyl (C=O) groups is 1. The molecule has 0 aliphatic heterocycles. The highest BCUT2D eigenvalue weighted by atomic mass is 16.5. The Hall–Kier alpha value is -0.530. The summed E-state index contributed by atoms with van der Waals surface area (Å²) in [6, 6.07) is 0. The van der Waals surface area contributed by atoms with Crippen LogP contribution in [0.2, 0.25) is 0 Å². The van der Waals surface area contributed by atoms with Crippen molar-refractivity contribution >= 4 is 5.97 Å². The molecule has 0 amide bonds. The van der Waals surface area contributed by atoms with Gasteiger partial charge in [-0.1, -0.05) is 233 Å². The molecule has 1 atom stereocenters. The quantitative estimate of drug-likeness (QED) is 0.0488. The van der Waals surface area contributed by atoms with E-state index in [9.17, 15) is 4.79 Å². The van der Waals surface area contributed by atoms with Crippen molar-refractivity contribution in [3.63, 3.8) is 0 Å². The first-order valence-corrected chi connectivity index (χ1v) is 21.9. The summed E-state index contributed by atoms with van der Waals surface area (Å²) in [5, 5.41) is 0. The average Bonchev–Trinajstić information content (AvgIpc) is 3.06. The van der Waals surface area contributed by atoms with Crippen LogP contribution in [0.5, 0.6) is 0 Å². The standard InChI is InChI=1S/C44H88O2/c1-4-7-10-13-15-17-19-21-23-25-27-29-31-33-36-38-41-43(46-44(45)42-39-34-12-9-6-3)40-37-35-32-30-28-26-24-22-20-18-16-14-11-8-5-2/h43H,4-42H2,1-3H3.